The van der Waals surface area contributed by atoms with Crippen molar-refractivity contribution in [2.45, 2.75) is 0 Å². The van der Waals surface area contributed by atoms with E-state index in [-0.39, 0.29) is 0 Å². The summed E-state index contributed by atoms with van der Waals surface area (Å²) < 4.78 is 17.3. The van der Waals surface area contributed by atoms with Gasteiger partial charge in [0.25, 0.3) is 0 Å². The first-order valence-corrected chi connectivity index (χ1v) is 4.84. The standard InChI is InChI=1S/C4H4O7P/c5-3-1-8-12(7,10-3)9-2-4(6)11-12/h1-2H2/q-1. The first-order chi connectivity index (χ1) is 5.50. The van der Waals surface area contributed by atoms with Crippen LogP contribution in [0.15, 0.2) is 0 Å². The van der Waals surface area contributed by atoms with E-state index in [1.807, 2.05) is 0 Å². The van der Waals surface area contributed by atoms with Crippen LogP contribution in [-0.2, 0) is 27.7 Å². The van der Waals surface area contributed by atoms with E-state index in [9.17, 15) is 14.5 Å². The summed E-state index contributed by atoms with van der Waals surface area (Å²) in [6, 6.07) is 0. The van der Waals surface area contributed by atoms with Crippen LogP contribution in [0.2, 0.25) is 0 Å². The second-order valence-corrected chi connectivity index (χ2v) is 4.59. The summed E-state index contributed by atoms with van der Waals surface area (Å²) >= 11 is 0. The SMILES string of the molecule is O=C1COP2([O-])(OCC(=O)O2)O1. The number of hydrogen-bond donors (Lipinski definition) is 0. The zero-order valence-corrected chi connectivity index (χ0v) is 6.61. The van der Waals surface area contributed by atoms with Gasteiger partial charge in [0.15, 0.2) is 0 Å². The molecule has 2 aliphatic rings. The first kappa shape index (κ1) is 7.88. The maximum absolute atomic E-state index is 11.5. The summed E-state index contributed by atoms with van der Waals surface area (Å²) in [5.41, 5.74) is 0. The van der Waals surface area contributed by atoms with Crippen LogP contribution in [0.1, 0.15) is 0 Å². The van der Waals surface area contributed by atoms with Crippen LogP contribution in [0.5, 0.6) is 0 Å². The second-order valence-electron chi connectivity index (χ2n) is 2.22. The van der Waals surface area contributed by atoms with Gasteiger partial charge in [-0.3, -0.25) is 0 Å². The molecule has 2 heterocycles. The predicted molar refractivity (Wildman–Crippen MR) is 31.0 cm³/mol. The van der Waals surface area contributed by atoms with Gasteiger partial charge in [0.2, 0.25) is 0 Å². The van der Waals surface area contributed by atoms with Crippen LogP contribution in [0, 0.1) is 0 Å². The van der Waals surface area contributed by atoms with E-state index in [1.54, 1.807) is 0 Å². The zero-order chi connectivity index (χ0) is 8.84. The molecule has 0 radical (unpaired) electrons. The van der Waals surface area contributed by atoms with E-state index in [0.29, 0.717) is 0 Å². The Morgan fingerprint density at radius 3 is 1.75 bits per heavy atom. The maximum atomic E-state index is 11.5. The number of hydrogen-bond acceptors (Lipinski definition) is 7. The van der Waals surface area contributed by atoms with Crippen LogP contribution in [0.4, 0.5) is 0 Å². The van der Waals surface area contributed by atoms with Crippen molar-refractivity contribution < 1.29 is 32.6 Å². The molecule has 0 amide bonds. The number of rotatable bonds is 0. The fraction of sp³-hybridized carbons (Fsp3) is 0.500. The second kappa shape index (κ2) is 1.94. The molecule has 1 spiro atoms. The Labute approximate surface area is 66.5 Å². The van der Waals surface area contributed by atoms with Gasteiger partial charge in [-0.1, -0.05) is 0 Å². The van der Waals surface area contributed by atoms with Gasteiger partial charge >= 0.3 is 65.5 Å². The fourth-order valence-electron chi connectivity index (χ4n) is 0.863. The minimum atomic E-state index is -5.01. The van der Waals surface area contributed by atoms with Crippen LogP contribution < -0.4 is 4.89 Å². The van der Waals surface area contributed by atoms with E-state index >= 15 is 0 Å². The first-order valence-electron chi connectivity index (χ1n) is 3.01. The van der Waals surface area contributed by atoms with Crippen molar-refractivity contribution in [3.05, 3.63) is 0 Å². The van der Waals surface area contributed by atoms with Crippen LogP contribution in [0.25, 0.3) is 0 Å². The van der Waals surface area contributed by atoms with E-state index in [4.69, 9.17) is 0 Å². The quantitative estimate of drug-likeness (QED) is 0.439. The Morgan fingerprint density at radius 1 is 1.08 bits per heavy atom. The normalized spacial score (nSPS) is 33.9. The molecule has 2 rings (SSSR count). The van der Waals surface area contributed by atoms with Gasteiger partial charge in [0.1, 0.15) is 0 Å². The van der Waals surface area contributed by atoms with E-state index < -0.39 is 32.9 Å². The van der Waals surface area contributed by atoms with Gasteiger partial charge in [0.05, 0.1) is 0 Å². The molecule has 0 aromatic rings. The fourth-order valence-corrected chi connectivity index (χ4v) is 2.59. The Bertz CT molecular complexity index is 247. The molecule has 0 aromatic carbocycles. The summed E-state index contributed by atoms with van der Waals surface area (Å²) in [7, 11) is -5.01. The molecule has 0 aliphatic carbocycles. The van der Waals surface area contributed by atoms with E-state index in [0.717, 1.165) is 0 Å². The molecule has 2 fully saturated rings. The molecule has 8 heteroatoms. The molecule has 0 aromatic heterocycles. The Hall–Kier alpha value is -0.750. The molecule has 0 unspecified atom stereocenters. The third kappa shape index (κ3) is 0.987. The van der Waals surface area contributed by atoms with Crippen molar-refractivity contribution >= 4 is 19.7 Å². The molecule has 2 saturated heterocycles. The van der Waals surface area contributed by atoms with Crippen molar-refractivity contribution in [2.24, 2.45) is 0 Å². The third-order valence-electron chi connectivity index (χ3n) is 1.29. The molecule has 0 N–H and O–H groups in total. The third-order valence-corrected chi connectivity index (χ3v) is 3.39. The minimum absolute atomic E-state index is 0.533. The Balaban J connectivity index is 2.30. The van der Waals surface area contributed by atoms with Gasteiger partial charge in [-0.2, -0.15) is 0 Å². The summed E-state index contributed by atoms with van der Waals surface area (Å²) in [6.45, 7) is -1.07. The molecule has 0 bridgehead atoms. The number of carbonyl (C=O) groups excluding carboxylic acids is 2. The van der Waals surface area contributed by atoms with Crippen LogP contribution in [0.3, 0.4) is 0 Å². The van der Waals surface area contributed by atoms with Crippen LogP contribution >= 0.6 is 7.74 Å². The van der Waals surface area contributed by atoms with Crippen molar-refractivity contribution in [3.63, 3.8) is 0 Å². The van der Waals surface area contributed by atoms with Gasteiger partial charge in [-0.25, -0.2) is 0 Å². The summed E-state index contributed by atoms with van der Waals surface area (Å²) in [4.78, 5) is 32.6. The van der Waals surface area contributed by atoms with Gasteiger partial charge < -0.3 is 0 Å². The Morgan fingerprint density at radius 2 is 1.50 bits per heavy atom. The van der Waals surface area contributed by atoms with Crippen molar-refractivity contribution in [3.8, 4) is 0 Å². The van der Waals surface area contributed by atoms with Crippen molar-refractivity contribution in [2.75, 3.05) is 13.2 Å². The monoisotopic (exact) mass is 195 g/mol. The summed E-state index contributed by atoms with van der Waals surface area (Å²) in [5, 5.41) is 0. The molecular formula is C4H4O7P-. The molecule has 68 valence electrons. The average Bonchev–Trinajstić information content (AvgIpc) is 2.40. The number of carbonyl (C=O) groups is 2. The predicted octanol–water partition coefficient (Wildman–Crippen LogP) is -1.38. The van der Waals surface area contributed by atoms with Gasteiger partial charge in [-0.05, 0) is 0 Å². The van der Waals surface area contributed by atoms with Crippen LogP contribution in [-0.4, -0.2) is 25.2 Å². The molecule has 2 aliphatic heterocycles. The average molecular weight is 195 g/mol. The summed E-state index contributed by atoms with van der Waals surface area (Å²) in [6.07, 6.45) is 0. The molecular weight excluding hydrogens is 191 g/mol. The summed E-state index contributed by atoms with van der Waals surface area (Å²) in [5.74, 6) is -1.75. The molecule has 7 nitrogen and oxygen atoms in total. The van der Waals surface area contributed by atoms with Gasteiger partial charge in [-0.15, -0.1) is 0 Å². The Kier molecular flexibility index (Phi) is 1.27. The van der Waals surface area contributed by atoms with Crippen molar-refractivity contribution in [1.29, 1.82) is 0 Å². The topological polar surface area (TPSA) is 94.1 Å². The van der Waals surface area contributed by atoms with E-state index in [1.165, 1.54) is 0 Å². The molecule has 12 heavy (non-hydrogen) atoms. The van der Waals surface area contributed by atoms with Gasteiger partial charge in [0, 0.05) is 0 Å². The van der Waals surface area contributed by atoms with E-state index in [2.05, 4.69) is 18.1 Å². The van der Waals surface area contributed by atoms with Crippen molar-refractivity contribution in [1.82, 2.24) is 0 Å². The molecule has 0 atom stereocenters. The molecule has 0 saturated carbocycles. The zero-order valence-electron chi connectivity index (χ0n) is 5.72.